The highest BCUT2D eigenvalue weighted by atomic mass is 16.7. The number of amides is 1. The van der Waals surface area contributed by atoms with E-state index in [1.54, 1.807) is 6.92 Å². The molecule has 2 aliphatic rings. The van der Waals surface area contributed by atoms with E-state index < -0.39 is 80.3 Å². The molecule has 1 amide bonds. The number of hydrogen-bond donors (Lipinski definition) is 7. The molecule has 11 nitrogen and oxygen atoms in total. The highest BCUT2D eigenvalue weighted by Gasteiger charge is 2.50. The van der Waals surface area contributed by atoms with Crippen LogP contribution in [0.2, 0.25) is 0 Å². The molecule has 7 N–H and O–H groups in total. The number of nitrogens with one attached hydrogen (secondary N) is 1. The van der Waals surface area contributed by atoms with Gasteiger partial charge in [-0.3, -0.25) is 4.79 Å². The van der Waals surface area contributed by atoms with Crippen LogP contribution < -0.4 is 5.32 Å². The zero-order chi connectivity index (χ0) is 19.6. The summed E-state index contributed by atoms with van der Waals surface area (Å²) in [5.74, 6) is -0.519. The monoisotopic (exact) mass is 381 g/mol. The van der Waals surface area contributed by atoms with E-state index in [2.05, 4.69) is 5.32 Å². The standard InChI is InChI=1S/C15H27NO10/c1-5-14(13(23)11(21)7(3-17)24-5)26-15-9(16-6(2)19)12(22)10(20)8(4-18)25-15/h5,7-15,17-18,20-23H,3-4H2,1-2H3,(H,16,19)/t5-,7?,8?,9?,10-,11-,12-,13+,14?,15+/m1/s1. The Hall–Kier alpha value is -0.890. The van der Waals surface area contributed by atoms with E-state index in [1.165, 1.54) is 6.92 Å². The SMILES string of the molecule is CC(=O)NC1[C@H](OC2[C@@H](O)[C@H](O)C(CO)O[C@@H]2C)OC(CO)[C@@H](O)[C@@H]1O. The Morgan fingerprint density at radius 3 is 2.04 bits per heavy atom. The second kappa shape index (κ2) is 8.87. The summed E-state index contributed by atoms with van der Waals surface area (Å²) < 4.78 is 16.5. The molecule has 26 heavy (non-hydrogen) atoms. The molecule has 0 aromatic carbocycles. The van der Waals surface area contributed by atoms with Gasteiger partial charge in [-0.05, 0) is 6.92 Å². The lowest BCUT2D eigenvalue weighted by Gasteiger charge is -2.46. The Balaban J connectivity index is 2.18. The first-order valence-corrected chi connectivity index (χ1v) is 8.38. The molecule has 11 heteroatoms. The van der Waals surface area contributed by atoms with Gasteiger partial charge in [0.05, 0.1) is 19.3 Å². The molecule has 0 bridgehead atoms. The first-order chi connectivity index (χ1) is 12.2. The molecule has 2 aliphatic heterocycles. The fourth-order valence-electron chi connectivity index (χ4n) is 3.21. The summed E-state index contributed by atoms with van der Waals surface area (Å²) in [4.78, 5) is 11.4. The minimum Gasteiger partial charge on any atom is -0.394 e. The molecule has 0 aromatic heterocycles. The molecule has 2 heterocycles. The van der Waals surface area contributed by atoms with Crippen LogP contribution in [0.15, 0.2) is 0 Å². The molecular formula is C15H27NO10. The molecule has 0 aromatic rings. The normalized spacial score (nSPS) is 46.8. The van der Waals surface area contributed by atoms with Crippen molar-refractivity contribution >= 4 is 5.91 Å². The zero-order valence-electron chi connectivity index (χ0n) is 14.5. The lowest BCUT2D eigenvalue weighted by Crippen LogP contribution is -2.67. The van der Waals surface area contributed by atoms with Crippen LogP contribution in [-0.2, 0) is 19.0 Å². The van der Waals surface area contributed by atoms with Crippen LogP contribution >= 0.6 is 0 Å². The van der Waals surface area contributed by atoms with Crippen LogP contribution in [0.5, 0.6) is 0 Å². The molecule has 2 rings (SSSR count). The van der Waals surface area contributed by atoms with Gasteiger partial charge in [0.25, 0.3) is 0 Å². The van der Waals surface area contributed by atoms with Crippen LogP contribution in [-0.4, -0.2) is 111 Å². The second-order valence-corrected chi connectivity index (χ2v) is 6.58. The molecular weight excluding hydrogens is 354 g/mol. The van der Waals surface area contributed by atoms with Gasteiger partial charge in [0, 0.05) is 6.92 Å². The predicted octanol–water partition coefficient (Wildman–Crippen LogP) is -4.18. The van der Waals surface area contributed by atoms with Gasteiger partial charge in [-0.25, -0.2) is 0 Å². The van der Waals surface area contributed by atoms with Gasteiger partial charge in [0.15, 0.2) is 6.29 Å². The third-order valence-electron chi connectivity index (χ3n) is 4.64. The smallest absolute Gasteiger partial charge is 0.217 e. The molecule has 0 aliphatic carbocycles. The number of aliphatic hydroxyl groups excluding tert-OH is 6. The van der Waals surface area contributed by atoms with Crippen molar-refractivity contribution in [2.45, 2.75) is 75.0 Å². The van der Waals surface area contributed by atoms with Crippen LogP contribution in [0.4, 0.5) is 0 Å². The van der Waals surface area contributed by atoms with Crippen molar-refractivity contribution in [2.75, 3.05) is 13.2 Å². The highest BCUT2D eigenvalue weighted by Crippen LogP contribution is 2.29. The van der Waals surface area contributed by atoms with Crippen molar-refractivity contribution in [2.24, 2.45) is 0 Å². The number of carbonyl (C=O) groups is 1. The molecule has 0 saturated carbocycles. The fourth-order valence-corrected chi connectivity index (χ4v) is 3.21. The van der Waals surface area contributed by atoms with Gasteiger partial charge in [0.2, 0.25) is 5.91 Å². The fraction of sp³-hybridized carbons (Fsp3) is 0.933. The zero-order valence-corrected chi connectivity index (χ0v) is 14.5. The van der Waals surface area contributed by atoms with Crippen molar-refractivity contribution in [3.63, 3.8) is 0 Å². The largest absolute Gasteiger partial charge is 0.394 e. The summed E-state index contributed by atoms with van der Waals surface area (Å²) >= 11 is 0. The summed E-state index contributed by atoms with van der Waals surface area (Å²) in [5.41, 5.74) is 0. The number of ether oxygens (including phenoxy) is 3. The molecule has 0 spiro atoms. The number of aliphatic hydroxyl groups is 6. The van der Waals surface area contributed by atoms with Crippen molar-refractivity contribution in [3.8, 4) is 0 Å². The topological polar surface area (TPSA) is 178 Å². The quantitative estimate of drug-likeness (QED) is 0.247. The average Bonchev–Trinajstić information content (AvgIpc) is 2.60. The van der Waals surface area contributed by atoms with Gasteiger partial charge >= 0.3 is 0 Å². The highest BCUT2D eigenvalue weighted by molar-refractivity contribution is 5.73. The first-order valence-electron chi connectivity index (χ1n) is 8.38. The number of carbonyl (C=O) groups excluding carboxylic acids is 1. The summed E-state index contributed by atoms with van der Waals surface area (Å²) in [6, 6.07) is -1.18. The maximum atomic E-state index is 11.4. The summed E-state index contributed by atoms with van der Waals surface area (Å²) in [6.45, 7) is 1.64. The van der Waals surface area contributed by atoms with Crippen LogP contribution in [0.1, 0.15) is 13.8 Å². The Labute approximate surface area is 150 Å². The first kappa shape index (κ1) is 21.4. The Kier molecular flexibility index (Phi) is 7.30. The van der Waals surface area contributed by atoms with Crippen molar-refractivity contribution < 1.29 is 49.6 Å². The Morgan fingerprint density at radius 2 is 1.50 bits per heavy atom. The van der Waals surface area contributed by atoms with E-state index in [1.807, 2.05) is 0 Å². The molecule has 0 radical (unpaired) electrons. The van der Waals surface area contributed by atoms with E-state index in [4.69, 9.17) is 14.2 Å². The van der Waals surface area contributed by atoms with Gasteiger partial charge < -0.3 is 50.2 Å². The summed E-state index contributed by atoms with van der Waals surface area (Å²) in [5, 5.41) is 61.4. The number of rotatable bonds is 5. The molecule has 10 atom stereocenters. The third-order valence-corrected chi connectivity index (χ3v) is 4.64. The lowest BCUT2D eigenvalue weighted by atomic mass is 9.94. The van der Waals surface area contributed by atoms with E-state index in [0.29, 0.717) is 0 Å². The maximum Gasteiger partial charge on any atom is 0.217 e. The van der Waals surface area contributed by atoms with Crippen LogP contribution in [0.3, 0.4) is 0 Å². The lowest BCUT2D eigenvalue weighted by molar-refractivity contribution is -0.320. The van der Waals surface area contributed by atoms with Gasteiger partial charge in [-0.2, -0.15) is 0 Å². The Morgan fingerprint density at radius 1 is 0.962 bits per heavy atom. The summed E-state index contributed by atoms with van der Waals surface area (Å²) in [7, 11) is 0. The summed E-state index contributed by atoms with van der Waals surface area (Å²) in [6.07, 6.45) is -11.2. The second-order valence-electron chi connectivity index (χ2n) is 6.58. The molecule has 2 fully saturated rings. The van der Waals surface area contributed by atoms with E-state index in [0.717, 1.165) is 0 Å². The van der Waals surface area contributed by atoms with Crippen molar-refractivity contribution in [1.29, 1.82) is 0 Å². The minimum atomic E-state index is -1.50. The minimum absolute atomic E-state index is 0.499. The van der Waals surface area contributed by atoms with E-state index in [9.17, 15) is 35.4 Å². The van der Waals surface area contributed by atoms with Crippen LogP contribution in [0, 0.1) is 0 Å². The Bertz CT molecular complexity index is 479. The molecule has 4 unspecified atom stereocenters. The molecule has 2 saturated heterocycles. The maximum absolute atomic E-state index is 11.4. The van der Waals surface area contributed by atoms with Crippen LogP contribution in [0.25, 0.3) is 0 Å². The number of hydrogen-bond acceptors (Lipinski definition) is 10. The molecule has 152 valence electrons. The van der Waals surface area contributed by atoms with Crippen molar-refractivity contribution in [3.05, 3.63) is 0 Å². The van der Waals surface area contributed by atoms with Gasteiger partial charge in [-0.1, -0.05) is 0 Å². The van der Waals surface area contributed by atoms with Gasteiger partial charge in [-0.15, -0.1) is 0 Å². The van der Waals surface area contributed by atoms with Gasteiger partial charge in [0.1, 0.15) is 48.8 Å². The third kappa shape index (κ3) is 4.32. The average molecular weight is 381 g/mol. The predicted molar refractivity (Wildman–Crippen MR) is 83.7 cm³/mol. The van der Waals surface area contributed by atoms with Crippen molar-refractivity contribution in [1.82, 2.24) is 5.32 Å². The van der Waals surface area contributed by atoms with E-state index >= 15 is 0 Å². The van der Waals surface area contributed by atoms with E-state index in [-0.39, 0.29) is 0 Å².